The van der Waals surface area contributed by atoms with E-state index in [4.69, 9.17) is 16.6 Å². The third-order valence-electron chi connectivity index (χ3n) is 3.11. The average Bonchev–Trinajstić information content (AvgIpc) is 2.59. The van der Waals surface area contributed by atoms with Crippen molar-refractivity contribution in [3.63, 3.8) is 0 Å². The van der Waals surface area contributed by atoms with Crippen LogP contribution in [-0.4, -0.2) is 45.9 Å². The van der Waals surface area contributed by atoms with E-state index in [1.54, 1.807) is 0 Å². The zero-order valence-corrected chi connectivity index (χ0v) is 9.68. The lowest BCUT2D eigenvalue weighted by Crippen LogP contribution is -2.56. The van der Waals surface area contributed by atoms with Crippen LogP contribution in [0.3, 0.4) is 0 Å². The molecule has 1 rings (SSSR count). The number of likely N-dealkylation sites (tertiary alicyclic amines) is 1. The van der Waals surface area contributed by atoms with Gasteiger partial charge in [-0.3, -0.25) is 9.59 Å². The van der Waals surface area contributed by atoms with Crippen LogP contribution in [0.25, 0.3) is 0 Å². The molecule has 0 aromatic rings. The van der Waals surface area contributed by atoms with Crippen LogP contribution in [0.15, 0.2) is 0 Å². The minimum absolute atomic E-state index is 0.273. The van der Waals surface area contributed by atoms with Crippen LogP contribution in [0.5, 0.6) is 0 Å². The molecular weight excluding hydrogens is 226 g/mol. The lowest BCUT2D eigenvalue weighted by molar-refractivity contribution is -0.156. The topological polar surface area (TPSA) is 127 Å². The number of rotatable bonds is 4. The standard InChI is InChI=1S/C10H17N3O4/c1-10(9(16)17)3-2-4-13(10)8(15)6(11)5-7(12)14/h6H,2-5,11H2,1H3,(H2,12,14)(H,16,17). The smallest absolute Gasteiger partial charge is 0.329 e. The Morgan fingerprint density at radius 1 is 1.47 bits per heavy atom. The van der Waals surface area contributed by atoms with Crippen molar-refractivity contribution in [1.29, 1.82) is 0 Å². The zero-order chi connectivity index (χ0) is 13.2. The van der Waals surface area contributed by atoms with Gasteiger partial charge in [0.1, 0.15) is 5.54 Å². The van der Waals surface area contributed by atoms with Crippen molar-refractivity contribution in [3.8, 4) is 0 Å². The molecule has 1 fully saturated rings. The average molecular weight is 243 g/mol. The molecule has 0 radical (unpaired) electrons. The Morgan fingerprint density at radius 3 is 2.53 bits per heavy atom. The fourth-order valence-electron chi connectivity index (χ4n) is 2.04. The molecule has 7 heteroatoms. The van der Waals surface area contributed by atoms with Crippen molar-refractivity contribution < 1.29 is 19.5 Å². The Hall–Kier alpha value is -1.63. The van der Waals surface area contributed by atoms with Crippen molar-refractivity contribution in [2.75, 3.05) is 6.54 Å². The Labute approximate surface area is 98.7 Å². The first kappa shape index (κ1) is 13.4. The number of carboxylic acid groups (broad SMARTS) is 1. The Kier molecular flexibility index (Phi) is 3.72. The molecular formula is C10H17N3O4. The number of amides is 2. The SMILES string of the molecule is CC1(C(=O)O)CCCN1C(=O)C(N)CC(N)=O. The van der Waals surface area contributed by atoms with Gasteiger partial charge in [-0.15, -0.1) is 0 Å². The molecule has 1 heterocycles. The van der Waals surface area contributed by atoms with Gasteiger partial charge in [-0.1, -0.05) is 0 Å². The first-order valence-electron chi connectivity index (χ1n) is 5.38. The maximum Gasteiger partial charge on any atom is 0.329 e. The monoisotopic (exact) mass is 243 g/mol. The van der Waals surface area contributed by atoms with Crippen molar-refractivity contribution in [1.82, 2.24) is 4.90 Å². The number of carboxylic acids is 1. The van der Waals surface area contributed by atoms with E-state index in [9.17, 15) is 14.4 Å². The lowest BCUT2D eigenvalue weighted by atomic mass is 9.98. The molecule has 2 unspecified atom stereocenters. The fourth-order valence-corrected chi connectivity index (χ4v) is 2.04. The Balaban J connectivity index is 2.81. The van der Waals surface area contributed by atoms with E-state index in [1.807, 2.05) is 0 Å². The van der Waals surface area contributed by atoms with Crippen molar-refractivity contribution >= 4 is 17.8 Å². The molecule has 0 bridgehead atoms. The molecule has 0 aromatic heterocycles. The molecule has 96 valence electrons. The van der Waals surface area contributed by atoms with Crippen molar-refractivity contribution in [2.24, 2.45) is 11.5 Å². The van der Waals surface area contributed by atoms with E-state index in [0.29, 0.717) is 19.4 Å². The number of nitrogens with two attached hydrogens (primary N) is 2. The summed E-state index contributed by atoms with van der Waals surface area (Å²) in [6.45, 7) is 1.82. The highest BCUT2D eigenvalue weighted by Gasteiger charge is 2.46. The quantitative estimate of drug-likeness (QED) is 0.563. The molecule has 0 spiro atoms. The van der Waals surface area contributed by atoms with Crippen LogP contribution in [0, 0.1) is 0 Å². The van der Waals surface area contributed by atoms with Crippen molar-refractivity contribution in [3.05, 3.63) is 0 Å². The second-order valence-electron chi connectivity index (χ2n) is 4.45. The van der Waals surface area contributed by atoms with Crippen LogP contribution in [-0.2, 0) is 14.4 Å². The van der Waals surface area contributed by atoms with E-state index in [2.05, 4.69) is 0 Å². The molecule has 5 N–H and O–H groups in total. The van der Waals surface area contributed by atoms with Gasteiger partial charge in [0.25, 0.3) is 0 Å². The minimum Gasteiger partial charge on any atom is -0.480 e. The molecule has 2 atom stereocenters. The molecule has 17 heavy (non-hydrogen) atoms. The van der Waals surface area contributed by atoms with Gasteiger partial charge in [-0.05, 0) is 19.8 Å². The molecule has 1 aliphatic heterocycles. The lowest BCUT2D eigenvalue weighted by Gasteiger charge is -2.32. The van der Waals surface area contributed by atoms with Gasteiger partial charge in [-0.2, -0.15) is 0 Å². The number of aliphatic carboxylic acids is 1. The van der Waals surface area contributed by atoms with E-state index in [-0.39, 0.29) is 6.42 Å². The maximum atomic E-state index is 11.9. The minimum atomic E-state index is -1.23. The van der Waals surface area contributed by atoms with Gasteiger partial charge in [0.05, 0.1) is 12.5 Å². The third kappa shape index (κ3) is 2.55. The van der Waals surface area contributed by atoms with Gasteiger partial charge in [0, 0.05) is 6.54 Å². The summed E-state index contributed by atoms with van der Waals surface area (Å²) in [5.41, 5.74) is 9.26. The maximum absolute atomic E-state index is 11.9. The normalized spacial score (nSPS) is 25.6. The summed E-state index contributed by atoms with van der Waals surface area (Å²) in [7, 11) is 0. The molecule has 0 aliphatic carbocycles. The van der Waals surface area contributed by atoms with Gasteiger partial charge in [0.15, 0.2) is 0 Å². The zero-order valence-electron chi connectivity index (χ0n) is 9.68. The number of primary amides is 1. The molecule has 2 amide bonds. The molecule has 1 aliphatic rings. The predicted molar refractivity (Wildman–Crippen MR) is 58.8 cm³/mol. The second kappa shape index (κ2) is 4.70. The summed E-state index contributed by atoms with van der Waals surface area (Å²) < 4.78 is 0. The van der Waals surface area contributed by atoms with E-state index in [0.717, 1.165) is 0 Å². The van der Waals surface area contributed by atoms with Crippen LogP contribution in [0.2, 0.25) is 0 Å². The highest BCUT2D eigenvalue weighted by molar-refractivity contribution is 5.92. The van der Waals surface area contributed by atoms with E-state index in [1.165, 1.54) is 11.8 Å². The first-order chi connectivity index (χ1) is 7.79. The predicted octanol–water partition coefficient (Wildman–Crippen LogP) is -1.35. The number of carbonyl (C=O) groups excluding carboxylic acids is 2. The second-order valence-corrected chi connectivity index (χ2v) is 4.45. The number of carbonyl (C=O) groups is 3. The van der Waals surface area contributed by atoms with Gasteiger partial charge < -0.3 is 21.5 Å². The Bertz CT molecular complexity index is 357. The summed E-state index contributed by atoms with van der Waals surface area (Å²) in [5, 5.41) is 9.13. The van der Waals surface area contributed by atoms with Crippen LogP contribution < -0.4 is 11.5 Å². The first-order valence-corrected chi connectivity index (χ1v) is 5.38. The van der Waals surface area contributed by atoms with E-state index < -0.39 is 29.4 Å². The van der Waals surface area contributed by atoms with E-state index >= 15 is 0 Å². The number of hydrogen-bond donors (Lipinski definition) is 3. The third-order valence-corrected chi connectivity index (χ3v) is 3.11. The molecule has 1 saturated heterocycles. The summed E-state index contributed by atoms with van der Waals surface area (Å²) in [5.74, 6) is -2.28. The number of nitrogens with zero attached hydrogens (tertiary/aromatic N) is 1. The molecule has 0 saturated carbocycles. The Morgan fingerprint density at radius 2 is 2.06 bits per heavy atom. The molecule has 7 nitrogen and oxygen atoms in total. The highest BCUT2D eigenvalue weighted by atomic mass is 16.4. The highest BCUT2D eigenvalue weighted by Crippen LogP contribution is 2.29. The van der Waals surface area contributed by atoms with Gasteiger partial charge >= 0.3 is 5.97 Å². The van der Waals surface area contributed by atoms with Crippen LogP contribution >= 0.6 is 0 Å². The summed E-state index contributed by atoms with van der Waals surface area (Å²) in [6.07, 6.45) is 0.722. The molecule has 0 aromatic carbocycles. The summed E-state index contributed by atoms with van der Waals surface area (Å²) >= 11 is 0. The van der Waals surface area contributed by atoms with Gasteiger partial charge in [-0.25, -0.2) is 4.79 Å². The van der Waals surface area contributed by atoms with Crippen LogP contribution in [0.4, 0.5) is 0 Å². The fraction of sp³-hybridized carbons (Fsp3) is 0.700. The number of hydrogen-bond acceptors (Lipinski definition) is 4. The largest absolute Gasteiger partial charge is 0.480 e. The summed E-state index contributed by atoms with van der Waals surface area (Å²) in [4.78, 5) is 35.0. The van der Waals surface area contributed by atoms with Crippen molar-refractivity contribution in [2.45, 2.75) is 37.8 Å². The van der Waals surface area contributed by atoms with Crippen LogP contribution in [0.1, 0.15) is 26.2 Å². The summed E-state index contributed by atoms with van der Waals surface area (Å²) in [6, 6.07) is -1.07. The van der Waals surface area contributed by atoms with Gasteiger partial charge in [0.2, 0.25) is 11.8 Å².